The lowest BCUT2D eigenvalue weighted by atomic mass is 10.0. The SMILES string of the molecule is CCCCCc1ccc(CCc2ccc(Cl)nc2F)cc1. The lowest BCUT2D eigenvalue weighted by Crippen LogP contribution is -1.97. The van der Waals surface area contributed by atoms with Crippen LogP contribution in [0, 0.1) is 5.95 Å². The van der Waals surface area contributed by atoms with Crippen molar-refractivity contribution in [3.05, 3.63) is 64.2 Å². The minimum atomic E-state index is -0.460. The zero-order chi connectivity index (χ0) is 15.1. The highest BCUT2D eigenvalue weighted by atomic mass is 35.5. The first-order valence-electron chi connectivity index (χ1n) is 7.57. The third-order valence-electron chi connectivity index (χ3n) is 3.67. The Bertz CT molecular complexity index is 566. The highest BCUT2D eigenvalue weighted by Gasteiger charge is 2.05. The summed E-state index contributed by atoms with van der Waals surface area (Å²) in [6, 6.07) is 12.0. The Morgan fingerprint density at radius 3 is 2.19 bits per heavy atom. The Hall–Kier alpha value is -1.41. The molecule has 1 heterocycles. The molecule has 0 fully saturated rings. The quantitative estimate of drug-likeness (QED) is 0.493. The number of hydrogen-bond acceptors (Lipinski definition) is 1. The number of aromatic nitrogens is 1. The first-order chi connectivity index (χ1) is 10.2. The van der Waals surface area contributed by atoms with Gasteiger partial charge in [0.25, 0.3) is 0 Å². The summed E-state index contributed by atoms with van der Waals surface area (Å²) in [7, 11) is 0. The highest BCUT2D eigenvalue weighted by molar-refractivity contribution is 6.29. The molecule has 0 saturated heterocycles. The molecule has 0 saturated carbocycles. The fourth-order valence-corrected chi connectivity index (χ4v) is 2.50. The fourth-order valence-electron chi connectivity index (χ4n) is 2.36. The molecule has 0 spiro atoms. The third kappa shape index (κ3) is 5.13. The lowest BCUT2D eigenvalue weighted by Gasteiger charge is -2.05. The molecular weight excluding hydrogens is 285 g/mol. The van der Waals surface area contributed by atoms with Crippen LogP contribution in [0.1, 0.15) is 42.9 Å². The van der Waals surface area contributed by atoms with E-state index in [1.807, 2.05) is 0 Å². The van der Waals surface area contributed by atoms with E-state index in [0.29, 0.717) is 12.0 Å². The van der Waals surface area contributed by atoms with Gasteiger partial charge in [0.1, 0.15) is 5.15 Å². The van der Waals surface area contributed by atoms with Crippen molar-refractivity contribution in [2.45, 2.75) is 45.4 Å². The van der Waals surface area contributed by atoms with E-state index >= 15 is 0 Å². The second-order valence-electron chi connectivity index (χ2n) is 5.36. The maximum atomic E-state index is 13.6. The van der Waals surface area contributed by atoms with Crippen molar-refractivity contribution in [1.29, 1.82) is 0 Å². The van der Waals surface area contributed by atoms with Gasteiger partial charge in [-0.2, -0.15) is 4.39 Å². The maximum absolute atomic E-state index is 13.6. The minimum absolute atomic E-state index is 0.202. The molecule has 1 aromatic heterocycles. The normalized spacial score (nSPS) is 10.8. The molecular formula is C18H21ClFN. The van der Waals surface area contributed by atoms with Gasteiger partial charge in [-0.25, -0.2) is 4.98 Å². The van der Waals surface area contributed by atoms with Crippen molar-refractivity contribution < 1.29 is 4.39 Å². The Kier molecular flexibility index (Phi) is 6.19. The molecule has 0 radical (unpaired) electrons. The van der Waals surface area contributed by atoms with Crippen LogP contribution in [-0.2, 0) is 19.3 Å². The maximum Gasteiger partial charge on any atom is 0.217 e. The van der Waals surface area contributed by atoms with Gasteiger partial charge in [0, 0.05) is 5.56 Å². The van der Waals surface area contributed by atoms with Crippen molar-refractivity contribution in [3.8, 4) is 0 Å². The molecule has 0 aliphatic rings. The van der Waals surface area contributed by atoms with Gasteiger partial charge in [-0.05, 0) is 42.9 Å². The standard InChI is InChI=1S/C18H21ClFN/c1-2-3-4-5-14-6-8-15(9-7-14)10-11-16-12-13-17(19)21-18(16)20/h6-9,12-13H,2-5,10-11H2,1H3. The lowest BCUT2D eigenvalue weighted by molar-refractivity contribution is 0.566. The van der Waals surface area contributed by atoms with E-state index in [2.05, 4.69) is 36.2 Å². The van der Waals surface area contributed by atoms with Crippen LogP contribution < -0.4 is 0 Å². The smallest absolute Gasteiger partial charge is 0.208 e. The van der Waals surface area contributed by atoms with E-state index in [9.17, 15) is 4.39 Å². The first-order valence-corrected chi connectivity index (χ1v) is 7.95. The van der Waals surface area contributed by atoms with Crippen molar-refractivity contribution in [1.82, 2.24) is 4.98 Å². The van der Waals surface area contributed by atoms with Crippen LogP contribution in [0.2, 0.25) is 5.15 Å². The second kappa shape index (κ2) is 8.14. The summed E-state index contributed by atoms with van der Waals surface area (Å²) in [6.45, 7) is 2.22. The van der Waals surface area contributed by atoms with Crippen molar-refractivity contribution >= 4 is 11.6 Å². The molecule has 0 bridgehead atoms. The van der Waals surface area contributed by atoms with Crippen LogP contribution >= 0.6 is 11.6 Å². The summed E-state index contributed by atoms with van der Waals surface area (Å²) in [5.74, 6) is -0.460. The zero-order valence-corrected chi connectivity index (χ0v) is 13.2. The monoisotopic (exact) mass is 305 g/mol. The van der Waals surface area contributed by atoms with Gasteiger partial charge in [0.05, 0.1) is 0 Å². The minimum Gasteiger partial charge on any atom is -0.208 e. The molecule has 0 amide bonds. The van der Waals surface area contributed by atoms with Crippen LogP contribution in [0.4, 0.5) is 4.39 Å². The van der Waals surface area contributed by atoms with Crippen LogP contribution in [-0.4, -0.2) is 4.98 Å². The number of hydrogen-bond donors (Lipinski definition) is 0. The Morgan fingerprint density at radius 2 is 1.57 bits per heavy atom. The summed E-state index contributed by atoms with van der Waals surface area (Å²) in [5, 5.41) is 0.202. The molecule has 2 aromatic rings. The summed E-state index contributed by atoms with van der Waals surface area (Å²) in [4.78, 5) is 3.64. The van der Waals surface area contributed by atoms with Crippen LogP contribution in [0.15, 0.2) is 36.4 Å². The number of benzene rings is 1. The van der Waals surface area contributed by atoms with Gasteiger partial charge >= 0.3 is 0 Å². The predicted molar refractivity (Wildman–Crippen MR) is 86.3 cm³/mol. The van der Waals surface area contributed by atoms with Gasteiger partial charge in [0.2, 0.25) is 5.95 Å². The van der Waals surface area contributed by atoms with Crippen molar-refractivity contribution in [2.24, 2.45) is 0 Å². The van der Waals surface area contributed by atoms with E-state index in [-0.39, 0.29) is 5.15 Å². The molecule has 112 valence electrons. The van der Waals surface area contributed by atoms with Crippen LogP contribution in [0.5, 0.6) is 0 Å². The number of unbranched alkanes of at least 4 members (excludes halogenated alkanes) is 2. The average molecular weight is 306 g/mol. The van der Waals surface area contributed by atoms with Gasteiger partial charge in [0.15, 0.2) is 0 Å². The molecule has 2 rings (SSSR count). The molecule has 0 aliphatic heterocycles. The summed E-state index contributed by atoms with van der Waals surface area (Å²) in [5.41, 5.74) is 3.22. The Morgan fingerprint density at radius 1 is 0.905 bits per heavy atom. The first kappa shape index (κ1) is 16.0. The van der Waals surface area contributed by atoms with Gasteiger partial charge in [-0.15, -0.1) is 0 Å². The number of halogens is 2. The molecule has 1 aromatic carbocycles. The third-order valence-corrected chi connectivity index (χ3v) is 3.88. The number of pyridine rings is 1. The molecule has 0 atom stereocenters. The highest BCUT2D eigenvalue weighted by Crippen LogP contribution is 2.14. The number of aryl methyl sites for hydroxylation is 3. The van der Waals surface area contributed by atoms with Crippen LogP contribution in [0.25, 0.3) is 0 Å². The van der Waals surface area contributed by atoms with Crippen molar-refractivity contribution in [2.75, 3.05) is 0 Å². The van der Waals surface area contributed by atoms with Crippen molar-refractivity contribution in [3.63, 3.8) is 0 Å². The van der Waals surface area contributed by atoms with Gasteiger partial charge in [-0.1, -0.05) is 61.7 Å². The molecule has 0 aliphatic carbocycles. The van der Waals surface area contributed by atoms with E-state index in [4.69, 9.17) is 11.6 Å². The number of rotatable bonds is 7. The van der Waals surface area contributed by atoms with Crippen LogP contribution in [0.3, 0.4) is 0 Å². The topological polar surface area (TPSA) is 12.9 Å². The molecule has 0 unspecified atom stereocenters. The van der Waals surface area contributed by atoms with E-state index in [0.717, 1.165) is 12.8 Å². The fraction of sp³-hybridized carbons (Fsp3) is 0.389. The predicted octanol–water partition coefficient (Wildman–Crippen LogP) is 5.39. The van der Waals surface area contributed by atoms with E-state index < -0.39 is 5.95 Å². The second-order valence-corrected chi connectivity index (χ2v) is 5.74. The van der Waals surface area contributed by atoms with E-state index in [1.165, 1.54) is 30.4 Å². The summed E-state index contributed by atoms with van der Waals surface area (Å²) < 4.78 is 13.6. The summed E-state index contributed by atoms with van der Waals surface area (Å²) in [6.07, 6.45) is 6.38. The average Bonchev–Trinajstić information content (AvgIpc) is 2.48. The Labute approximate surface area is 131 Å². The molecule has 21 heavy (non-hydrogen) atoms. The molecule has 1 nitrogen and oxygen atoms in total. The largest absolute Gasteiger partial charge is 0.217 e. The van der Waals surface area contributed by atoms with Gasteiger partial charge in [-0.3, -0.25) is 0 Å². The summed E-state index contributed by atoms with van der Waals surface area (Å²) >= 11 is 5.65. The van der Waals surface area contributed by atoms with E-state index in [1.54, 1.807) is 12.1 Å². The molecule has 3 heteroatoms. The number of nitrogens with zero attached hydrogens (tertiary/aromatic N) is 1. The molecule has 0 N–H and O–H groups in total. The Balaban J connectivity index is 1.88. The zero-order valence-electron chi connectivity index (χ0n) is 12.4. The van der Waals surface area contributed by atoms with Gasteiger partial charge < -0.3 is 0 Å².